The maximum absolute atomic E-state index is 13.1. The van der Waals surface area contributed by atoms with Crippen molar-refractivity contribution in [2.24, 2.45) is 5.92 Å². The van der Waals surface area contributed by atoms with Crippen LogP contribution in [0, 0.1) is 5.92 Å². The van der Waals surface area contributed by atoms with Crippen molar-refractivity contribution >= 4 is 11.7 Å². The molecule has 2 aromatic carbocycles. The van der Waals surface area contributed by atoms with Crippen LogP contribution >= 0.6 is 0 Å². The van der Waals surface area contributed by atoms with E-state index in [2.05, 4.69) is 34.5 Å². The van der Waals surface area contributed by atoms with E-state index in [1.54, 1.807) is 12.1 Å². The molecule has 1 heterocycles. The molecule has 4 rings (SSSR count). The standard InChI is InChI=1S/C27H30N2O3/c30-24-14-8-16-29(19-21-9-3-1-4-10-21)26(18-24)28-27(31)23-13-7-15-25(17-23)32-20-22-11-5-2-6-12-22/h1-7,9,11-13,15,17,21,26H,8,10,14,16,18-20H2,(H,28,31). The second kappa shape index (κ2) is 10.9. The first-order chi connectivity index (χ1) is 15.7. The molecule has 166 valence electrons. The van der Waals surface area contributed by atoms with E-state index in [0.29, 0.717) is 36.7 Å². The molecule has 2 aromatic rings. The number of likely N-dealkylation sites (tertiary alicyclic amines) is 1. The number of rotatable bonds is 7. The SMILES string of the molecule is O=C1CCCN(CC2C=CC=CC2)C(NC(=O)c2cccc(OCc3ccccc3)c2)C1. The number of hydrogen-bond acceptors (Lipinski definition) is 4. The molecular weight excluding hydrogens is 400 g/mol. The van der Waals surface area contributed by atoms with Gasteiger partial charge in [-0.05, 0) is 42.5 Å². The van der Waals surface area contributed by atoms with Crippen molar-refractivity contribution in [1.29, 1.82) is 0 Å². The normalized spacial score (nSPS) is 21.2. The predicted octanol–water partition coefficient (Wildman–Crippen LogP) is 4.51. The molecule has 1 aliphatic heterocycles. The summed E-state index contributed by atoms with van der Waals surface area (Å²) < 4.78 is 5.87. The summed E-state index contributed by atoms with van der Waals surface area (Å²) in [6.07, 6.45) is 11.0. The molecule has 1 saturated heterocycles. The van der Waals surface area contributed by atoms with Crippen LogP contribution in [-0.4, -0.2) is 35.8 Å². The number of carbonyl (C=O) groups excluding carboxylic acids is 2. The summed E-state index contributed by atoms with van der Waals surface area (Å²) >= 11 is 0. The van der Waals surface area contributed by atoms with Gasteiger partial charge in [0.25, 0.3) is 5.91 Å². The smallest absolute Gasteiger partial charge is 0.252 e. The number of Topliss-reactive ketones (excluding diaryl/α,β-unsaturated/α-hetero) is 1. The Morgan fingerprint density at radius 2 is 1.97 bits per heavy atom. The summed E-state index contributed by atoms with van der Waals surface area (Å²) in [5.74, 6) is 1.08. The largest absolute Gasteiger partial charge is 0.489 e. The highest BCUT2D eigenvalue weighted by molar-refractivity contribution is 5.95. The average molecular weight is 431 g/mol. The van der Waals surface area contributed by atoms with Crippen LogP contribution < -0.4 is 10.1 Å². The van der Waals surface area contributed by atoms with Gasteiger partial charge in [0.05, 0.1) is 6.17 Å². The number of nitrogens with zero attached hydrogens (tertiary/aromatic N) is 1. The molecule has 1 amide bonds. The molecule has 0 bridgehead atoms. The van der Waals surface area contributed by atoms with Crippen molar-refractivity contribution in [2.75, 3.05) is 13.1 Å². The van der Waals surface area contributed by atoms with E-state index >= 15 is 0 Å². The van der Waals surface area contributed by atoms with Crippen LogP contribution in [0.25, 0.3) is 0 Å². The fourth-order valence-corrected chi connectivity index (χ4v) is 4.21. The zero-order chi connectivity index (χ0) is 22.2. The van der Waals surface area contributed by atoms with Gasteiger partial charge in [0, 0.05) is 31.5 Å². The van der Waals surface area contributed by atoms with Gasteiger partial charge in [0.15, 0.2) is 0 Å². The molecule has 2 atom stereocenters. The van der Waals surface area contributed by atoms with Gasteiger partial charge < -0.3 is 10.1 Å². The molecule has 2 unspecified atom stereocenters. The highest BCUT2D eigenvalue weighted by atomic mass is 16.5. The summed E-state index contributed by atoms with van der Waals surface area (Å²) in [4.78, 5) is 27.6. The Kier molecular flexibility index (Phi) is 7.51. The third kappa shape index (κ3) is 6.17. The van der Waals surface area contributed by atoms with E-state index in [-0.39, 0.29) is 17.9 Å². The maximum atomic E-state index is 13.1. The van der Waals surface area contributed by atoms with Crippen molar-refractivity contribution in [3.63, 3.8) is 0 Å². The number of nitrogens with one attached hydrogen (secondary N) is 1. The van der Waals surface area contributed by atoms with Gasteiger partial charge in [-0.1, -0.05) is 60.7 Å². The molecular formula is C27H30N2O3. The molecule has 5 heteroatoms. The molecule has 0 spiro atoms. The summed E-state index contributed by atoms with van der Waals surface area (Å²) in [5, 5.41) is 3.11. The first kappa shape index (κ1) is 22.0. The lowest BCUT2D eigenvalue weighted by Crippen LogP contribution is -2.50. The minimum absolute atomic E-state index is 0.182. The molecule has 5 nitrogen and oxygen atoms in total. The zero-order valence-electron chi connectivity index (χ0n) is 18.3. The molecule has 0 saturated carbocycles. The van der Waals surface area contributed by atoms with E-state index in [1.165, 1.54) is 0 Å². The van der Waals surface area contributed by atoms with Crippen LogP contribution in [0.15, 0.2) is 78.9 Å². The van der Waals surface area contributed by atoms with Gasteiger partial charge in [-0.25, -0.2) is 0 Å². The Hall–Kier alpha value is -3.18. The second-order valence-corrected chi connectivity index (χ2v) is 8.44. The number of benzene rings is 2. The van der Waals surface area contributed by atoms with Gasteiger partial charge >= 0.3 is 0 Å². The zero-order valence-corrected chi connectivity index (χ0v) is 18.3. The monoisotopic (exact) mass is 430 g/mol. The first-order valence-corrected chi connectivity index (χ1v) is 11.3. The fourth-order valence-electron chi connectivity index (χ4n) is 4.21. The lowest BCUT2D eigenvalue weighted by atomic mass is 10.00. The molecule has 1 fully saturated rings. The Balaban J connectivity index is 1.41. The third-order valence-electron chi connectivity index (χ3n) is 5.94. The first-order valence-electron chi connectivity index (χ1n) is 11.3. The van der Waals surface area contributed by atoms with Crippen LogP contribution in [0.5, 0.6) is 5.75 Å². The Morgan fingerprint density at radius 3 is 2.78 bits per heavy atom. The molecule has 0 radical (unpaired) electrons. The van der Waals surface area contributed by atoms with Crippen LogP contribution in [0.4, 0.5) is 0 Å². The number of ether oxygens (including phenoxy) is 1. The Bertz CT molecular complexity index is 983. The maximum Gasteiger partial charge on any atom is 0.252 e. The van der Waals surface area contributed by atoms with Gasteiger partial charge in [-0.3, -0.25) is 14.5 Å². The molecule has 1 aliphatic carbocycles. The van der Waals surface area contributed by atoms with Crippen molar-refractivity contribution < 1.29 is 14.3 Å². The highest BCUT2D eigenvalue weighted by Gasteiger charge is 2.28. The summed E-state index contributed by atoms with van der Waals surface area (Å²) in [6, 6.07) is 17.1. The van der Waals surface area contributed by atoms with Crippen molar-refractivity contribution in [3.05, 3.63) is 90.0 Å². The van der Waals surface area contributed by atoms with E-state index in [4.69, 9.17) is 4.74 Å². The predicted molar refractivity (Wildman–Crippen MR) is 125 cm³/mol. The lowest BCUT2D eigenvalue weighted by Gasteiger charge is -2.32. The molecule has 1 N–H and O–H groups in total. The summed E-state index contributed by atoms with van der Waals surface area (Å²) in [7, 11) is 0. The molecule has 2 aliphatic rings. The van der Waals surface area contributed by atoms with E-state index in [9.17, 15) is 9.59 Å². The number of allylic oxidation sites excluding steroid dienone is 3. The lowest BCUT2D eigenvalue weighted by molar-refractivity contribution is -0.119. The number of carbonyl (C=O) groups is 2. The molecule has 0 aromatic heterocycles. The van der Waals surface area contributed by atoms with Crippen LogP contribution in [0.3, 0.4) is 0 Å². The van der Waals surface area contributed by atoms with Gasteiger partial charge in [0.1, 0.15) is 18.1 Å². The Morgan fingerprint density at radius 1 is 1.09 bits per heavy atom. The number of amides is 1. The number of ketones is 1. The fraction of sp³-hybridized carbons (Fsp3) is 0.333. The van der Waals surface area contributed by atoms with Gasteiger partial charge in [-0.15, -0.1) is 0 Å². The van der Waals surface area contributed by atoms with Gasteiger partial charge in [-0.2, -0.15) is 0 Å². The van der Waals surface area contributed by atoms with E-state index in [1.807, 2.05) is 42.5 Å². The van der Waals surface area contributed by atoms with Crippen molar-refractivity contribution in [3.8, 4) is 5.75 Å². The Labute approximate surface area is 189 Å². The highest BCUT2D eigenvalue weighted by Crippen LogP contribution is 2.20. The quantitative estimate of drug-likeness (QED) is 0.702. The third-order valence-corrected chi connectivity index (χ3v) is 5.94. The van der Waals surface area contributed by atoms with E-state index < -0.39 is 0 Å². The topological polar surface area (TPSA) is 58.6 Å². The minimum Gasteiger partial charge on any atom is -0.489 e. The second-order valence-electron chi connectivity index (χ2n) is 8.44. The van der Waals surface area contributed by atoms with Crippen LogP contribution in [-0.2, 0) is 11.4 Å². The van der Waals surface area contributed by atoms with E-state index in [0.717, 1.165) is 31.5 Å². The van der Waals surface area contributed by atoms with Gasteiger partial charge in [0.2, 0.25) is 0 Å². The number of hydrogen-bond donors (Lipinski definition) is 1. The average Bonchev–Trinajstić information content (AvgIpc) is 3.00. The summed E-state index contributed by atoms with van der Waals surface area (Å²) in [5.41, 5.74) is 1.61. The van der Waals surface area contributed by atoms with Crippen molar-refractivity contribution in [2.45, 2.75) is 38.5 Å². The summed E-state index contributed by atoms with van der Waals surface area (Å²) in [6.45, 7) is 2.09. The minimum atomic E-state index is -0.286. The van der Waals surface area contributed by atoms with Crippen LogP contribution in [0.2, 0.25) is 0 Å². The molecule has 32 heavy (non-hydrogen) atoms. The van der Waals surface area contributed by atoms with Crippen LogP contribution in [0.1, 0.15) is 41.6 Å². The van der Waals surface area contributed by atoms with Crippen molar-refractivity contribution in [1.82, 2.24) is 10.2 Å².